The van der Waals surface area contributed by atoms with E-state index >= 15 is 0 Å². The number of carbonyl (C=O) groups is 1. The molecule has 0 radical (unpaired) electrons. The molecule has 1 fully saturated rings. The number of hydrogen-bond donors (Lipinski definition) is 1. The number of nitrogens with zero attached hydrogens (tertiary/aromatic N) is 1. The van der Waals surface area contributed by atoms with Gasteiger partial charge < -0.3 is 4.90 Å². The highest BCUT2D eigenvalue weighted by atomic mass is 32.2. The highest BCUT2D eigenvalue weighted by Crippen LogP contribution is 2.28. The molecule has 1 aliphatic rings. The van der Waals surface area contributed by atoms with Gasteiger partial charge >= 0.3 is 0 Å². The predicted octanol–water partition coefficient (Wildman–Crippen LogP) is 1.55. The van der Waals surface area contributed by atoms with Crippen LogP contribution in [0.2, 0.25) is 0 Å². The van der Waals surface area contributed by atoms with Gasteiger partial charge in [-0.25, -0.2) is 17.5 Å². The third kappa shape index (κ3) is 3.24. The molecular formula is C14H19FN2O3S. The van der Waals surface area contributed by atoms with Crippen LogP contribution in [0.3, 0.4) is 0 Å². The normalized spacial score (nSPS) is 19.0. The number of benzene rings is 1. The Kier molecular flexibility index (Phi) is 4.63. The first-order valence-corrected chi connectivity index (χ1v) is 8.44. The number of rotatable bonds is 5. The van der Waals surface area contributed by atoms with Crippen molar-refractivity contribution in [3.63, 3.8) is 0 Å². The van der Waals surface area contributed by atoms with Gasteiger partial charge in [-0.3, -0.25) is 4.79 Å². The molecule has 0 aromatic heterocycles. The summed E-state index contributed by atoms with van der Waals surface area (Å²) >= 11 is 0. The van der Waals surface area contributed by atoms with Gasteiger partial charge in [-0.1, -0.05) is 13.0 Å². The fourth-order valence-corrected chi connectivity index (χ4v) is 4.07. The van der Waals surface area contributed by atoms with Crippen LogP contribution in [-0.4, -0.2) is 39.1 Å². The SMILES string of the molecule is CCNS(=O)(=O)C1CCN(c2cccc(F)c2C(C)=O)C1. The molecule has 1 unspecified atom stereocenters. The first kappa shape index (κ1) is 15.9. The lowest BCUT2D eigenvalue weighted by Gasteiger charge is -2.21. The fraction of sp³-hybridized carbons (Fsp3) is 0.500. The standard InChI is InChI=1S/C14H19FN2O3S/c1-3-16-21(19,20)11-7-8-17(9-11)13-6-4-5-12(15)14(13)10(2)18/h4-6,11,16H,3,7-9H2,1-2H3. The molecule has 116 valence electrons. The van der Waals surface area contributed by atoms with Crippen molar-refractivity contribution < 1.29 is 17.6 Å². The zero-order chi connectivity index (χ0) is 15.6. The molecule has 0 saturated carbocycles. The summed E-state index contributed by atoms with van der Waals surface area (Å²) in [5.41, 5.74) is 0.496. The van der Waals surface area contributed by atoms with E-state index in [4.69, 9.17) is 0 Å². The number of ketones is 1. The fourth-order valence-electron chi connectivity index (χ4n) is 2.64. The van der Waals surface area contributed by atoms with Crippen molar-refractivity contribution >= 4 is 21.5 Å². The maximum Gasteiger partial charge on any atom is 0.216 e. The average Bonchev–Trinajstić information content (AvgIpc) is 2.88. The van der Waals surface area contributed by atoms with Crippen molar-refractivity contribution in [3.05, 3.63) is 29.6 Å². The number of sulfonamides is 1. The van der Waals surface area contributed by atoms with E-state index in [1.165, 1.54) is 19.1 Å². The monoisotopic (exact) mass is 314 g/mol. The molecule has 0 bridgehead atoms. The van der Waals surface area contributed by atoms with Gasteiger partial charge in [0.05, 0.1) is 16.5 Å². The van der Waals surface area contributed by atoms with Gasteiger partial charge in [-0.15, -0.1) is 0 Å². The van der Waals surface area contributed by atoms with Crippen molar-refractivity contribution in [1.29, 1.82) is 0 Å². The summed E-state index contributed by atoms with van der Waals surface area (Å²) in [5, 5.41) is -0.541. The Morgan fingerprint density at radius 2 is 2.19 bits per heavy atom. The molecule has 0 aliphatic carbocycles. The molecule has 1 heterocycles. The topological polar surface area (TPSA) is 66.5 Å². The van der Waals surface area contributed by atoms with Gasteiger partial charge in [0.25, 0.3) is 0 Å². The maximum atomic E-state index is 13.8. The Morgan fingerprint density at radius 1 is 1.48 bits per heavy atom. The van der Waals surface area contributed by atoms with E-state index in [9.17, 15) is 17.6 Å². The molecule has 7 heteroatoms. The van der Waals surface area contributed by atoms with Crippen LogP contribution in [0, 0.1) is 5.82 Å². The van der Waals surface area contributed by atoms with Crippen LogP contribution in [0.4, 0.5) is 10.1 Å². The predicted molar refractivity (Wildman–Crippen MR) is 79.6 cm³/mol. The Hall–Kier alpha value is -1.47. The summed E-state index contributed by atoms with van der Waals surface area (Å²) < 4.78 is 40.4. The average molecular weight is 314 g/mol. The third-order valence-electron chi connectivity index (χ3n) is 3.61. The number of Topliss-reactive ketones (excluding diaryl/α,β-unsaturated/α-hetero) is 1. The minimum Gasteiger partial charge on any atom is -0.369 e. The molecule has 5 nitrogen and oxygen atoms in total. The molecule has 1 aromatic carbocycles. The lowest BCUT2D eigenvalue weighted by atomic mass is 10.1. The summed E-state index contributed by atoms with van der Waals surface area (Å²) in [6.07, 6.45) is 0.461. The largest absolute Gasteiger partial charge is 0.369 e. The second-order valence-electron chi connectivity index (χ2n) is 5.09. The number of hydrogen-bond acceptors (Lipinski definition) is 4. The number of halogens is 1. The third-order valence-corrected chi connectivity index (χ3v) is 5.57. The number of carbonyl (C=O) groups excluding carboxylic acids is 1. The van der Waals surface area contributed by atoms with Crippen LogP contribution >= 0.6 is 0 Å². The Balaban J connectivity index is 2.27. The van der Waals surface area contributed by atoms with Crippen molar-refractivity contribution in [2.24, 2.45) is 0 Å². The zero-order valence-corrected chi connectivity index (χ0v) is 12.9. The van der Waals surface area contributed by atoms with E-state index < -0.39 is 21.1 Å². The Bertz CT molecular complexity index is 646. The molecule has 1 aliphatic heterocycles. The van der Waals surface area contributed by atoms with Gasteiger partial charge in [0, 0.05) is 19.6 Å². The molecule has 0 spiro atoms. The molecule has 21 heavy (non-hydrogen) atoms. The van der Waals surface area contributed by atoms with E-state index in [0.717, 1.165) is 0 Å². The van der Waals surface area contributed by atoms with Crippen molar-refractivity contribution in [3.8, 4) is 0 Å². The first-order chi connectivity index (χ1) is 9.86. The van der Waals surface area contributed by atoms with Crippen molar-refractivity contribution in [2.45, 2.75) is 25.5 Å². The minimum atomic E-state index is -3.36. The van der Waals surface area contributed by atoms with Crippen LogP contribution < -0.4 is 9.62 Å². The molecule has 1 aromatic rings. The van der Waals surface area contributed by atoms with Gasteiger partial charge in [0.1, 0.15) is 5.82 Å². The molecule has 1 saturated heterocycles. The van der Waals surface area contributed by atoms with E-state index in [-0.39, 0.29) is 17.9 Å². The van der Waals surface area contributed by atoms with E-state index in [1.54, 1.807) is 17.9 Å². The van der Waals surface area contributed by atoms with Crippen LogP contribution in [0.25, 0.3) is 0 Å². The van der Waals surface area contributed by atoms with Crippen molar-refractivity contribution in [2.75, 3.05) is 24.5 Å². The Morgan fingerprint density at radius 3 is 2.81 bits per heavy atom. The summed E-state index contributed by atoms with van der Waals surface area (Å²) in [6, 6.07) is 4.43. The smallest absolute Gasteiger partial charge is 0.216 e. The molecule has 0 amide bonds. The first-order valence-electron chi connectivity index (χ1n) is 6.89. The van der Waals surface area contributed by atoms with E-state index in [2.05, 4.69) is 4.72 Å². The quantitative estimate of drug-likeness (QED) is 0.837. The number of nitrogens with one attached hydrogen (secondary N) is 1. The second kappa shape index (κ2) is 6.11. The van der Waals surface area contributed by atoms with Gasteiger partial charge in [0.15, 0.2) is 5.78 Å². The van der Waals surface area contributed by atoms with Crippen LogP contribution in [-0.2, 0) is 10.0 Å². The van der Waals surface area contributed by atoms with Gasteiger partial charge in [-0.2, -0.15) is 0 Å². The minimum absolute atomic E-state index is 0.0269. The highest BCUT2D eigenvalue weighted by molar-refractivity contribution is 7.90. The zero-order valence-electron chi connectivity index (χ0n) is 12.1. The van der Waals surface area contributed by atoms with Crippen LogP contribution in [0.15, 0.2) is 18.2 Å². The van der Waals surface area contributed by atoms with Crippen LogP contribution in [0.5, 0.6) is 0 Å². The Labute approximate surface area is 124 Å². The highest BCUT2D eigenvalue weighted by Gasteiger charge is 2.34. The van der Waals surface area contributed by atoms with Gasteiger partial charge in [0.2, 0.25) is 10.0 Å². The van der Waals surface area contributed by atoms with Gasteiger partial charge in [-0.05, 0) is 25.5 Å². The van der Waals surface area contributed by atoms with E-state index in [0.29, 0.717) is 25.2 Å². The summed E-state index contributed by atoms with van der Waals surface area (Å²) in [6.45, 7) is 4.13. The van der Waals surface area contributed by atoms with Crippen LogP contribution in [0.1, 0.15) is 30.6 Å². The molecule has 1 atom stereocenters. The summed E-state index contributed by atoms with van der Waals surface area (Å²) in [7, 11) is -3.36. The lowest BCUT2D eigenvalue weighted by Crippen LogP contribution is -2.36. The lowest BCUT2D eigenvalue weighted by molar-refractivity contribution is 0.101. The second-order valence-corrected chi connectivity index (χ2v) is 7.14. The summed E-state index contributed by atoms with van der Waals surface area (Å²) in [4.78, 5) is 13.4. The molecule has 1 N–H and O–H groups in total. The molecular weight excluding hydrogens is 295 g/mol. The van der Waals surface area contributed by atoms with E-state index in [1.807, 2.05) is 0 Å². The molecule has 2 rings (SSSR count). The maximum absolute atomic E-state index is 13.8. The van der Waals surface area contributed by atoms with Crippen molar-refractivity contribution in [1.82, 2.24) is 4.72 Å². The number of anilines is 1. The summed E-state index contributed by atoms with van der Waals surface area (Å²) in [5.74, 6) is -0.931.